The van der Waals surface area contributed by atoms with Gasteiger partial charge < -0.3 is 0 Å². The molecule has 0 heterocycles. The predicted octanol–water partition coefficient (Wildman–Crippen LogP) is 4.86. The summed E-state index contributed by atoms with van der Waals surface area (Å²) < 4.78 is 0. The second-order valence-electron chi connectivity index (χ2n) is 4.70. The molecular formula is C16H17Cl. The summed E-state index contributed by atoms with van der Waals surface area (Å²) in [4.78, 5) is 0. The first-order chi connectivity index (χ1) is 8.06. The van der Waals surface area contributed by atoms with Gasteiger partial charge in [0.05, 0.1) is 0 Å². The zero-order chi connectivity index (χ0) is 12.4. The summed E-state index contributed by atoms with van der Waals surface area (Å²) in [5, 5.41) is 0.858. The van der Waals surface area contributed by atoms with Crippen LogP contribution in [0.3, 0.4) is 0 Å². The molecule has 0 saturated carbocycles. The molecule has 0 radical (unpaired) electrons. The number of benzene rings is 2. The molecule has 0 atom stereocenters. The third kappa shape index (κ3) is 2.89. The van der Waals surface area contributed by atoms with Crippen molar-refractivity contribution in [3.63, 3.8) is 0 Å². The highest BCUT2D eigenvalue weighted by molar-refractivity contribution is 6.31. The third-order valence-corrected chi connectivity index (χ3v) is 3.46. The van der Waals surface area contributed by atoms with Gasteiger partial charge in [0.1, 0.15) is 0 Å². The van der Waals surface area contributed by atoms with Crippen molar-refractivity contribution in [3.05, 3.63) is 69.2 Å². The van der Waals surface area contributed by atoms with Crippen LogP contribution in [0, 0.1) is 20.8 Å². The van der Waals surface area contributed by atoms with Crippen LogP contribution in [0.2, 0.25) is 5.02 Å². The van der Waals surface area contributed by atoms with Crippen molar-refractivity contribution >= 4 is 11.6 Å². The lowest BCUT2D eigenvalue weighted by molar-refractivity contribution is 1.14. The highest BCUT2D eigenvalue weighted by Gasteiger charge is 2.05. The molecule has 1 heteroatoms. The van der Waals surface area contributed by atoms with Crippen molar-refractivity contribution in [3.8, 4) is 0 Å². The molecule has 0 nitrogen and oxygen atoms in total. The van der Waals surface area contributed by atoms with Gasteiger partial charge >= 0.3 is 0 Å². The van der Waals surface area contributed by atoms with Crippen molar-refractivity contribution in [1.82, 2.24) is 0 Å². The Labute approximate surface area is 108 Å². The van der Waals surface area contributed by atoms with E-state index in [9.17, 15) is 0 Å². The smallest absolute Gasteiger partial charge is 0.0441 e. The van der Waals surface area contributed by atoms with Crippen molar-refractivity contribution in [1.29, 1.82) is 0 Å². The van der Waals surface area contributed by atoms with Crippen LogP contribution < -0.4 is 0 Å². The van der Waals surface area contributed by atoms with E-state index < -0.39 is 0 Å². The lowest BCUT2D eigenvalue weighted by Crippen LogP contribution is -1.94. The van der Waals surface area contributed by atoms with Crippen LogP contribution in [-0.4, -0.2) is 0 Å². The predicted molar refractivity (Wildman–Crippen MR) is 74.9 cm³/mol. The minimum Gasteiger partial charge on any atom is -0.0840 e. The molecule has 0 aliphatic heterocycles. The molecule has 0 bridgehead atoms. The zero-order valence-electron chi connectivity index (χ0n) is 10.5. The quantitative estimate of drug-likeness (QED) is 0.708. The molecule has 0 amide bonds. The van der Waals surface area contributed by atoms with E-state index in [2.05, 4.69) is 51.1 Å². The molecule has 0 aliphatic rings. The highest BCUT2D eigenvalue weighted by Crippen LogP contribution is 2.22. The molecule has 2 aromatic carbocycles. The normalized spacial score (nSPS) is 10.6. The van der Waals surface area contributed by atoms with Crippen molar-refractivity contribution in [2.45, 2.75) is 27.2 Å². The van der Waals surface area contributed by atoms with Gasteiger partial charge in [-0.2, -0.15) is 0 Å². The maximum absolute atomic E-state index is 6.24. The minimum atomic E-state index is 0.858. The Balaban J connectivity index is 2.37. The van der Waals surface area contributed by atoms with Crippen LogP contribution in [-0.2, 0) is 6.42 Å². The molecule has 0 unspecified atom stereocenters. The average Bonchev–Trinajstić information content (AvgIpc) is 2.28. The fraction of sp³-hybridized carbons (Fsp3) is 0.250. The second-order valence-corrected chi connectivity index (χ2v) is 5.11. The lowest BCUT2D eigenvalue weighted by atomic mass is 9.98. The third-order valence-electron chi connectivity index (χ3n) is 3.09. The van der Waals surface area contributed by atoms with E-state index in [4.69, 9.17) is 11.6 Å². The van der Waals surface area contributed by atoms with Gasteiger partial charge in [-0.3, -0.25) is 0 Å². The monoisotopic (exact) mass is 244 g/mol. The van der Waals surface area contributed by atoms with Crippen LogP contribution in [0.5, 0.6) is 0 Å². The second kappa shape index (κ2) is 4.93. The van der Waals surface area contributed by atoms with Gasteiger partial charge in [0, 0.05) is 5.02 Å². The summed E-state index contributed by atoms with van der Waals surface area (Å²) in [5.41, 5.74) is 6.45. The standard InChI is InChI=1S/C16H17Cl/c1-11-4-6-13(3)14(8-11)10-15-9-12(2)5-7-16(15)17/h4-9H,10H2,1-3H3. The Bertz CT molecular complexity index is 492. The van der Waals surface area contributed by atoms with Gasteiger partial charge in [-0.15, -0.1) is 0 Å². The van der Waals surface area contributed by atoms with Crippen LogP contribution in [0.1, 0.15) is 27.8 Å². The van der Waals surface area contributed by atoms with Gasteiger partial charge in [-0.05, 0) is 49.9 Å². The van der Waals surface area contributed by atoms with Crippen LogP contribution in [0.15, 0.2) is 36.4 Å². The number of rotatable bonds is 2. The number of halogens is 1. The van der Waals surface area contributed by atoms with Gasteiger partial charge in [0.2, 0.25) is 0 Å². The molecule has 0 spiro atoms. The number of aryl methyl sites for hydroxylation is 3. The molecule has 0 fully saturated rings. The van der Waals surface area contributed by atoms with Crippen LogP contribution in [0.25, 0.3) is 0 Å². The zero-order valence-corrected chi connectivity index (χ0v) is 11.3. The van der Waals surface area contributed by atoms with Gasteiger partial charge in [-0.25, -0.2) is 0 Å². The lowest BCUT2D eigenvalue weighted by Gasteiger charge is -2.09. The van der Waals surface area contributed by atoms with E-state index in [0.29, 0.717) is 0 Å². The molecule has 0 N–H and O–H groups in total. The summed E-state index contributed by atoms with van der Waals surface area (Å²) >= 11 is 6.24. The molecule has 2 aromatic rings. The van der Waals surface area contributed by atoms with E-state index >= 15 is 0 Å². The Morgan fingerprint density at radius 1 is 0.824 bits per heavy atom. The summed E-state index contributed by atoms with van der Waals surface area (Å²) in [5.74, 6) is 0. The first kappa shape index (κ1) is 12.2. The molecule has 17 heavy (non-hydrogen) atoms. The fourth-order valence-electron chi connectivity index (χ4n) is 2.03. The van der Waals surface area contributed by atoms with Gasteiger partial charge in [-0.1, -0.05) is 53.1 Å². The number of hydrogen-bond acceptors (Lipinski definition) is 0. The van der Waals surface area contributed by atoms with Gasteiger partial charge in [0.15, 0.2) is 0 Å². The Morgan fingerprint density at radius 3 is 2.12 bits per heavy atom. The molecule has 2 rings (SSSR count). The Kier molecular flexibility index (Phi) is 3.54. The summed E-state index contributed by atoms with van der Waals surface area (Å²) in [6.07, 6.45) is 0.911. The van der Waals surface area contributed by atoms with E-state index in [1.165, 1.54) is 27.8 Å². The Hall–Kier alpha value is -1.27. The molecule has 0 aliphatic carbocycles. The Morgan fingerprint density at radius 2 is 1.41 bits per heavy atom. The van der Waals surface area contributed by atoms with Crippen molar-refractivity contribution < 1.29 is 0 Å². The molecule has 0 saturated heterocycles. The fourth-order valence-corrected chi connectivity index (χ4v) is 2.22. The summed E-state index contributed by atoms with van der Waals surface area (Å²) in [6, 6.07) is 12.8. The van der Waals surface area contributed by atoms with E-state index in [-0.39, 0.29) is 0 Å². The highest BCUT2D eigenvalue weighted by atomic mass is 35.5. The first-order valence-electron chi connectivity index (χ1n) is 5.87. The van der Waals surface area contributed by atoms with Crippen LogP contribution in [0.4, 0.5) is 0 Å². The van der Waals surface area contributed by atoms with Crippen molar-refractivity contribution in [2.24, 2.45) is 0 Å². The number of hydrogen-bond donors (Lipinski definition) is 0. The molecular weight excluding hydrogens is 228 g/mol. The van der Waals surface area contributed by atoms with Crippen LogP contribution >= 0.6 is 11.6 Å². The SMILES string of the molecule is Cc1ccc(C)c(Cc2cc(C)ccc2Cl)c1. The molecule has 88 valence electrons. The van der Waals surface area contributed by atoms with E-state index in [1.807, 2.05) is 6.07 Å². The summed E-state index contributed by atoms with van der Waals surface area (Å²) in [6.45, 7) is 6.38. The largest absolute Gasteiger partial charge is 0.0840 e. The molecule has 0 aromatic heterocycles. The minimum absolute atomic E-state index is 0.858. The first-order valence-corrected chi connectivity index (χ1v) is 6.25. The maximum atomic E-state index is 6.24. The van der Waals surface area contributed by atoms with Crippen molar-refractivity contribution in [2.75, 3.05) is 0 Å². The van der Waals surface area contributed by atoms with Gasteiger partial charge in [0.25, 0.3) is 0 Å². The van der Waals surface area contributed by atoms with E-state index in [0.717, 1.165) is 11.4 Å². The average molecular weight is 245 g/mol. The maximum Gasteiger partial charge on any atom is 0.0441 e. The summed E-state index contributed by atoms with van der Waals surface area (Å²) in [7, 11) is 0. The topological polar surface area (TPSA) is 0 Å². The van der Waals surface area contributed by atoms with E-state index in [1.54, 1.807) is 0 Å².